The number of hydrogen-bond acceptors (Lipinski definition) is 4. The Morgan fingerprint density at radius 1 is 1.43 bits per heavy atom. The molecule has 0 radical (unpaired) electrons. The fourth-order valence-electron chi connectivity index (χ4n) is 2.63. The van der Waals surface area contributed by atoms with Crippen LogP contribution in [-0.2, 0) is 10.2 Å². The summed E-state index contributed by atoms with van der Waals surface area (Å²) in [4.78, 5) is 24.6. The van der Waals surface area contributed by atoms with Gasteiger partial charge in [0, 0.05) is 24.6 Å². The molecule has 1 saturated heterocycles. The van der Waals surface area contributed by atoms with Crippen LogP contribution in [0.25, 0.3) is 0 Å². The minimum Gasteiger partial charge on any atom is -0.312 e. The van der Waals surface area contributed by atoms with Crippen LogP contribution < -0.4 is 4.90 Å². The molecule has 0 N–H and O–H groups in total. The van der Waals surface area contributed by atoms with E-state index in [9.17, 15) is 14.9 Å². The second kappa shape index (κ2) is 5.67. The molecule has 5 nitrogen and oxygen atoms in total. The van der Waals surface area contributed by atoms with E-state index in [0.29, 0.717) is 30.0 Å². The first-order chi connectivity index (χ1) is 9.74. The van der Waals surface area contributed by atoms with E-state index >= 15 is 0 Å². The van der Waals surface area contributed by atoms with E-state index < -0.39 is 0 Å². The molecule has 1 aromatic carbocycles. The summed E-state index contributed by atoms with van der Waals surface area (Å²) in [6, 6.07) is 5.07. The molecule has 0 aromatic heterocycles. The van der Waals surface area contributed by atoms with Gasteiger partial charge in [0.25, 0.3) is 5.69 Å². The molecular formula is C15H20N2O3S. The van der Waals surface area contributed by atoms with Crippen LogP contribution in [0.5, 0.6) is 0 Å². The Hall–Kier alpha value is -1.56. The first kappa shape index (κ1) is 15.8. The molecule has 1 aliphatic rings. The molecule has 2 rings (SSSR count). The average Bonchev–Trinajstić information content (AvgIpc) is 2.78. The molecule has 21 heavy (non-hydrogen) atoms. The van der Waals surface area contributed by atoms with Crippen molar-refractivity contribution in [1.29, 1.82) is 0 Å². The lowest BCUT2D eigenvalue weighted by molar-refractivity contribution is -0.385. The molecule has 6 heteroatoms. The van der Waals surface area contributed by atoms with Gasteiger partial charge < -0.3 is 4.90 Å². The molecule has 1 fully saturated rings. The van der Waals surface area contributed by atoms with E-state index in [2.05, 4.69) is 12.6 Å². The van der Waals surface area contributed by atoms with Crippen LogP contribution in [0.2, 0.25) is 0 Å². The standard InChI is InChI=1S/C15H20N2O3S/c1-15(2,3)12-5-4-11(7-13(12)17(19)20)16-8-10(9-21)6-14(16)18/h4-5,7,10,21H,6,8-9H2,1-3H3. The molecule has 0 aliphatic carbocycles. The number of anilines is 1. The molecule has 114 valence electrons. The summed E-state index contributed by atoms with van der Waals surface area (Å²) in [6.07, 6.45) is 0.457. The maximum Gasteiger partial charge on any atom is 0.275 e. The lowest BCUT2D eigenvalue weighted by Crippen LogP contribution is -2.25. The van der Waals surface area contributed by atoms with Crippen molar-refractivity contribution in [1.82, 2.24) is 0 Å². The lowest BCUT2D eigenvalue weighted by atomic mass is 9.85. The van der Waals surface area contributed by atoms with Gasteiger partial charge in [0.1, 0.15) is 0 Å². The van der Waals surface area contributed by atoms with Gasteiger partial charge in [0.05, 0.1) is 10.6 Å². The molecule has 1 unspecified atom stereocenters. The Balaban J connectivity index is 2.42. The Bertz CT molecular complexity index is 581. The van der Waals surface area contributed by atoms with Crippen molar-refractivity contribution in [3.63, 3.8) is 0 Å². The molecule has 1 heterocycles. The van der Waals surface area contributed by atoms with Gasteiger partial charge in [-0.05, 0) is 29.2 Å². The van der Waals surface area contributed by atoms with Crippen LogP contribution in [0, 0.1) is 16.0 Å². The van der Waals surface area contributed by atoms with Gasteiger partial charge in [-0.15, -0.1) is 0 Å². The van der Waals surface area contributed by atoms with Crippen molar-refractivity contribution in [3.05, 3.63) is 33.9 Å². The Kier molecular flexibility index (Phi) is 4.27. The molecule has 0 saturated carbocycles. The zero-order chi connectivity index (χ0) is 15.8. The number of amides is 1. The zero-order valence-corrected chi connectivity index (χ0v) is 13.4. The van der Waals surface area contributed by atoms with Crippen LogP contribution in [0.1, 0.15) is 32.8 Å². The highest BCUT2D eigenvalue weighted by molar-refractivity contribution is 7.80. The molecular weight excluding hydrogens is 288 g/mol. The highest BCUT2D eigenvalue weighted by Crippen LogP contribution is 2.35. The number of thiol groups is 1. The van der Waals surface area contributed by atoms with Crippen LogP contribution in [0.3, 0.4) is 0 Å². The predicted octanol–water partition coefficient (Wildman–Crippen LogP) is 3.18. The van der Waals surface area contributed by atoms with Gasteiger partial charge in [-0.3, -0.25) is 14.9 Å². The Morgan fingerprint density at radius 2 is 2.10 bits per heavy atom. The molecule has 1 atom stereocenters. The second-order valence-electron chi connectivity index (χ2n) is 6.47. The minimum absolute atomic E-state index is 0.00635. The van der Waals surface area contributed by atoms with Gasteiger partial charge >= 0.3 is 0 Å². The van der Waals surface area contributed by atoms with Gasteiger partial charge in [-0.2, -0.15) is 12.6 Å². The topological polar surface area (TPSA) is 63.5 Å². The number of rotatable bonds is 3. The summed E-state index contributed by atoms with van der Waals surface area (Å²) >= 11 is 4.23. The highest BCUT2D eigenvalue weighted by Gasteiger charge is 2.32. The summed E-state index contributed by atoms with van der Waals surface area (Å²) in [5.74, 6) is 0.860. The maximum absolute atomic E-state index is 12.0. The van der Waals surface area contributed by atoms with Crippen LogP contribution in [0.15, 0.2) is 18.2 Å². The van der Waals surface area contributed by atoms with Gasteiger partial charge in [0.2, 0.25) is 5.91 Å². The first-order valence-electron chi connectivity index (χ1n) is 6.94. The second-order valence-corrected chi connectivity index (χ2v) is 6.83. The SMILES string of the molecule is CC(C)(C)c1ccc(N2CC(CS)CC2=O)cc1[N+](=O)[O-]. The quantitative estimate of drug-likeness (QED) is 0.530. The van der Waals surface area contributed by atoms with E-state index in [4.69, 9.17) is 0 Å². The van der Waals surface area contributed by atoms with Crippen molar-refractivity contribution in [2.75, 3.05) is 17.2 Å². The number of benzene rings is 1. The minimum atomic E-state index is -0.374. The molecule has 1 aliphatic heterocycles. The van der Waals surface area contributed by atoms with Gasteiger partial charge in [0.15, 0.2) is 0 Å². The van der Waals surface area contributed by atoms with E-state index in [1.54, 1.807) is 17.0 Å². The monoisotopic (exact) mass is 308 g/mol. The van der Waals surface area contributed by atoms with Gasteiger partial charge in [-0.1, -0.05) is 20.8 Å². The summed E-state index contributed by atoms with van der Waals surface area (Å²) in [7, 11) is 0. The number of carbonyl (C=O) groups excluding carboxylic acids is 1. The molecule has 0 bridgehead atoms. The predicted molar refractivity (Wildman–Crippen MR) is 86.1 cm³/mol. The van der Waals surface area contributed by atoms with E-state index in [0.717, 1.165) is 0 Å². The number of nitro benzene ring substituents is 1. The van der Waals surface area contributed by atoms with Crippen molar-refractivity contribution in [3.8, 4) is 0 Å². The van der Waals surface area contributed by atoms with Crippen LogP contribution in [-0.4, -0.2) is 23.1 Å². The third-order valence-electron chi connectivity index (χ3n) is 3.76. The number of hydrogen-bond donors (Lipinski definition) is 1. The van der Waals surface area contributed by atoms with Gasteiger partial charge in [-0.25, -0.2) is 0 Å². The normalized spacial score (nSPS) is 19.1. The first-order valence-corrected chi connectivity index (χ1v) is 7.57. The molecule has 1 aromatic rings. The fraction of sp³-hybridized carbons (Fsp3) is 0.533. The molecule has 0 spiro atoms. The van der Waals surface area contributed by atoms with Crippen molar-refractivity contribution < 1.29 is 9.72 Å². The number of nitro groups is 1. The van der Waals surface area contributed by atoms with Crippen molar-refractivity contribution in [2.24, 2.45) is 5.92 Å². The summed E-state index contributed by atoms with van der Waals surface area (Å²) in [6.45, 7) is 6.39. The fourth-order valence-corrected chi connectivity index (χ4v) is 2.87. The number of carbonyl (C=O) groups is 1. The lowest BCUT2D eigenvalue weighted by Gasteiger charge is -2.22. The highest BCUT2D eigenvalue weighted by atomic mass is 32.1. The summed E-state index contributed by atoms with van der Waals surface area (Å²) in [5, 5.41) is 11.3. The van der Waals surface area contributed by atoms with E-state index in [-0.39, 0.29) is 27.9 Å². The summed E-state index contributed by atoms with van der Waals surface area (Å²) < 4.78 is 0. The maximum atomic E-state index is 12.0. The van der Waals surface area contributed by atoms with Crippen LogP contribution >= 0.6 is 12.6 Å². The van der Waals surface area contributed by atoms with E-state index in [1.807, 2.05) is 20.8 Å². The van der Waals surface area contributed by atoms with E-state index in [1.165, 1.54) is 6.07 Å². The largest absolute Gasteiger partial charge is 0.312 e. The third-order valence-corrected chi connectivity index (χ3v) is 4.28. The average molecular weight is 308 g/mol. The van der Waals surface area contributed by atoms with Crippen LogP contribution in [0.4, 0.5) is 11.4 Å². The Morgan fingerprint density at radius 3 is 2.57 bits per heavy atom. The summed E-state index contributed by atoms with van der Waals surface area (Å²) in [5.41, 5.74) is 1.03. The number of nitrogens with zero attached hydrogens (tertiary/aromatic N) is 2. The van der Waals surface area contributed by atoms with Crippen molar-refractivity contribution >= 4 is 29.9 Å². The third kappa shape index (κ3) is 3.20. The Labute approximate surface area is 129 Å². The molecule has 1 amide bonds. The smallest absolute Gasteiger partial charge is 0.275 e. The zero-order valence-electron chi connectivity index (χ0n) is 12.5. The van der Waals surface area contributed by atoms with Crippen molar-refractivity contribution in [2.45, 2.75) is 32.6 Å².